The Balaban J connectivity index is 1.64. The molecule has 2 heterocycles. The molecule has 0 radical (unpaired) electrons. The van der Waals surface area contributed by atoms with Gasteiger partial charge in [0.2, 0.25) is 5.91 Å². The smallest absolute Gasteiger partial charge is 0.414 e. The first kappa shape index (κ1) is 18.1. The fourth-order valence-electron chi connectivity index (χ4n) is 3.02. The van der Waals surface area contributed by atoms with Gasteiger partial charge < -0.3 is 20.1 Å². The first-order chi connectivity index (χ1) is 12.4. The van der Waals surface area contributed by atoms with Crippen LogP contribution in [-0.2, 0) is 14.3 Å². The summed E-state index contributed by atoms with van der Waals surface area (Å²) in [6.07, 6.45) is -1.08. The highest BCUT2D eigenvalue weighted by molar-refractivity contribution is 5.90. The lowest BCUT2D eigenvalue weighted by Crippen LogP contribution is -2.51. The average Bonchev–Trinajstić information content (AvgIpc) is 2.93. The third kappa shape index (κ3) is 3.62. The summed E-state index contributed by atoms with van der Waals surface area (Å²) in [4.78, 5) is 37.3. The average molecular weight is 365 g/mol. The predicted octanol–water partition coefficient (Wildman–Crippen LogP) is 0.285. The Hall–Kier alpha value is -2.68. The molecule has 2 fully saturated rings. The highest BCUT2D eigenvalue weighted by Crippen LogP contribution is 2.31. The van der Waals surface area contributed by atoms with E-state index in [1.807, 2.05) is 0 Å². The van der Waals surface area contributed by atoms with Gasteiger partial charge in [0.05, 0.1) is 30.4 Å². The quantitative estimate of drug-likeness (QED) is 0.752. The minimum atomic E-state index is -0.593. The van der Waals surface area contributed by atoms with Crippen molar-refractivity contribution in [2.24, 2.45) is 5.92 Å². The zero-order chi connectivity index (χ0) is 18.8. The second-order valence-corrected chi connectivity index (χ2v) is 6.42. The van der Waals surface area contributed by atoms with Gasteiger partial charge in [-0.2, -0.15) is 0 Å². The van der Waals surface area contributed by atoms with Crippen molar-refractivity contribution >= 4 is 29.2 Å². The van der Waals surface area contributed by atoms with Crippen LogP contribution in [0.15, 0.2) is 18.2 Å². The van der Waals surface area contributed by atoms with Gasteiger partial charge >= 0.3 is 6.09 Å². The van der Waals surface area contributed by atoms with Gasteiger partial charge in [-0.05, 0) is 18.2 Å². The highest BCUT2D eigenvalue weighted by Gasteiger charge is 2.35. The first-order valence-corrected chi connectivity index (χ1v) is 8.29. The monoisotopic (exact) mass is 365 g/mol. The SMILES string of the molecule is CC(=O)NC[C@H]1CN(c2ccc(N3CC(C(=O)CO)C3)c(F)c2)C(=O)O1. The summed E-state index contributed by atoms with van der Waals surface area (Å²) < 4.78 is 19.6. The Morgan fingerprint density at radius 1 is 1.35 bits per heavy atom. The maximum Gasteiger partial charge on any atom is 0.414 e. The maximum atomic E-state index is 14.5. The molecule has 140 valence electrons. The highest BCUT2D eigenvalue weighted by atomic mass is 19.1. The van der Waals surface area contributed by atoms with Crippen LogP contribution in [0, 0.1) is 11.7 Å². The van der Waals surface area contributed by atoms with Crippen LogP contribution in [-0.4, -0.2) is 61.8 Å². The van der Waals surface area contributed by atoms with Gasteiger partial charge in [0.25, 0.3) is 0 Å². The Labute approximate surface area is 149 Å². The van der Waals surface area contributed by atoms with Crippen molar-refractivity contribution in [1.82, 2.24) is 5.32 Å². The van der Waals surface area contributed by atoms with Gasteiger partial charge in [0.1, 0.15) is 18.5 Å². The third-order valence-corrected chi connectivity index (χ3v) is 4.53. The van der Waals surface area contributed by atoms with Crippen LogP contribution < -0.4 is 15.1 Å². The molecule has 0 spiro atoms. The summed E-state index contributed by atoms with van der Waals surface area (Å²) in [6, 6.07) is 4.42. The number of hydrogen-bond donors (Lipinski definition) is 2. The van der Waals surface area contributed by atoms with Gasteiger partial charge in [0, 0.05) is 20.0 Å². The molecule has 2 aliphatic heterocycles. The lowest BCUT2D eigenvalue weighted by atomic mass is 9.94. The molecule has 0 saturated carbocycles. The second kappa shape index (κ2) is 7.28. The molecule has 3 rings (SSSR count). The minimum absolute atomic E-state index is 0.201. The molecule has 1 aromatic rings. The van der Waals surface area contributed by atoms with Crippen LogP contribution in [0.25, 0.3) is 0 Å². The predicted molar refractivity (Wildman–Crippen MR) is 90.5 cm³/mol. The number of anilines is 2. The number of benzene rings is 1. The van der Waals surface area contributed by atoms with Crippen LogP contribution in [0.4, 0.5) is 20.6 Å². The topological polar surface area (TPSA) is 99.2 Å². The van der Waals surface area contributed by atoms with Crippen LogP contribution >= 0.6 is 0 Å². The number of carbonyl (C=O) groups is 3. The van der Waals surface area contributed by atoms with Crippen molar-refractivity contribution < 1.29 is 28.6 Å². The number of amides is 2. The minimum Gasteiger partial charge on any atom is -0.442 e. The molecule has 9 heteroatoms. The summed E-state index contributed by atoms with van der Waals surface area (Å²) in [5.74, 6) is -1.25. The number of hydrogen-bond acceptors (Lipinski definition) is 6. The number of halogens is 1. The zero-order valence-electron chi connectivity index (χ0n) is 14.3. The molecule has 2 N–H and O–H groups in total. The van der Waals surface area contributed by atoms with Gasteiger partial charge in [-0.25, -0.2) is 9.18 Å². The number of Topliss-reactive ketones (excluding diaryl/α,β-unsaturated/α-hetero) is 1. The van der Waals surface area contributed by atoms with Gasteiger partial charge in [-0.3, -0.25) is 14.5 Å². The van der Waals surface area contributed by atoms with E-state index in [4.69, 9.17) is 9.84 Å². The molecule has 0 aromatic heterocycles. The summed E-state index contributed by atoms with van der Waals surface area (Å²) >= 11 is 0. The van der Waals surface area contributed by atoms with Crippen molar-refractivity contribution in [3.8, 4) is 0 Å². The van der Waals surface area contributed by atoms with Crippen molar-refractivity contribution in [2.75, 3.05) is 42.6 Å². The van der Waals surface area contributed by atoms with E-state index in [1.54, 1.807) is 17.0 Å². The van der Waals surface area contributed by atoms with Gasteiger partial charge in [-0.1, -0.05) is 0 Å². The maximum absolute atomic E-state index is 14.5. The fraction of sp³-hybridized carbons (Fsp3) is 0.471. The van der Waals surface area contributed by atoms with E-state index in [0.717, 1.165) is 0 Å². The normalized spacial score (nSPS) is 20.0. The molecule has 2 amide bonds. The third-order valence-electron chi connectivity index (χ3n) is 4.53. The van der Waals surface area contributed by atoms with Crippen LogP contribution in [0.5, 0.6) is 0 Å². The van der Waals surface area contributed by atoms with E-state index in [0.29, 0.717) is 24.5 Å². The van der Waals surface area contributed by atoms with E-state index < -0.39 is 24.6 Å². The van der Waals surface area contributed by atoms with Crippen LogP contribution in [0.3, 0.4) is 0 Å². The second-order valence-electron chi connectivity index (χ2n) is 6.42. The molecule has 1 atom stereocenters. The van der Waals surface area contributed by atoms with Crippen LogP contribution in [0.2, 0.25) is 0 Å². The number of rotatable bonds is 6. The number of aliphatic hydroxyl groups is 1. The lowest BCUT2D eigenvalue weighted by Gasteiger charge is -2.40. The fourth-order valence-corrected chi connectivity index (χ4v) is 3.02. The number of nitrogens with one attached hydrogen (secondary N) is 1. The number of aliphatic hydroxyl groups excluding tert-OH is 1. The number of ketones is 1. The van der Waals surface area contributed by atoms with E-state index in [9.17, 15) is 18.8 Å². The van der Waals surface area contributed by atoms with E-state index >= 15 is 0 Å². The van der Waals surface area contributed by atoms with Crippen molar-refractivity contribution in [2.45, 2.75) is 13.0 Å². The van der Waals surface area contributed by atoms with Crippen molar-refractivity contribution in [1.29, 1.82) is 0 Å². The molecule has 2 saturated heterocycles. The van der Waals surface area contributed by atoms with Crippen LogP contribution in [0.1, 0.15) is 6.92 Å². The standard InChI is InChI=1S/C17H20FN3O5/c1-10(23)19-5-13-8-21(17(25)26-13)12-2-3-15(14(18)4-12)20-6-11(7-20)16(24)9-22/h2-4,11,13,22H,5-9H2,1H3,(H,19,23)/t13-/m0/s1. The van der Waals surface area contributed by atoms with E-state index in [1.165, 1.54) is 17.9 Å². The van der Waals surface area contributed by atoms with Gasteiger partial charge in [0.15, 0.2) is 5.78 Å². The lowest BCUT2D eigenvalue weighted by molar-refractivity contribution is -0.126. The molecule has 1 aromatic carbocycles. The molecular formula is C17H20FN3O5. The Bertz CT molecular complexity index is 735. The first-order valence-electron chi connectivity index (χ1n) is 8.29. The molecule has 0 bridgehead atoms. The summed E-state index contributed by atoms with van der Waals surface area (Å²) in [5.41, 5.74) is 0.711. The number of cyclic esters (lactones) is 1. The number of nitrogens with zero attached hydrogens (tertiary/aromatic N) is 2. The largest absolute Gasteiger partial charge is 0.442 e. The number of carbonyl (C=O) groups excluding carboxylic acids is 3. The Morgan fingerprint density at radius 3 is 2.69 bits per heavy atom. The molecular weight excluding hydrogens is 345 g/mol. The van der Waals surface area contributed by atoms with E-state index in [-0.39, 0.29) is 30.7 Å². The Morgan fingerprint density at radius 2 is 2.08 bits per heavy atom. The van der Waals surface area contributed by atoms with Crippen molar-refractivity contribution in [3.63, 3.8) is 0 Å². The Kier molecular flexibility index (Phi) is 5.08. The van der Waals surface area contributed by atoms with E-state index in [2.05, 4.69) is 5.32 Å². The van der Waals surface area contributed by atoms with Crippen molar-refractivity contribution in [3.05, 3.63) is 24.0 Å². The molecule has 8 nitrogen and oxygen atoms in total. The summed E-state index contributed by atoms with van der Waals surface area (Å²) in [7, 11) is 0. The molecule has 2 aliphatic rings. The van der Waals surface area contributed by atoms with Gasteiger partial charge in [-0.15, -0.1) is 0 Å². The number of ether oxygens (including phenoxy) is 1. The molecule has 0 aliphatic carbocycles. The zero-order valence-corrected chi connectivity index (χ0v) is 14.3. The molecule has 0 unspecified atom stereocenters. The molecule has 26 heavy (non-hydrogen) atoms. The summed E-state index contributed by atoms with van der Waals surface area (Å²) in [6.45, 7) is 2.01. The summed E-state index contributed by atoms with van der Waals surface area (Å²) in [5, 5.41) is 11.4.